The van der Waals surface area contributed by atoms with Gasteiger partial charge in [-0.05, 0) is 23.8 Å². The van der Waals surface area contributed by atoms with Crippen molar-refractivity contribution in [2.75, 3.05) is 5.32 Å². The third-order valence-electron chi connectivity index (χ3n) is 2.67. The number of halogens is 3. The molecule has 0 unspecified atom stereocenters. The Morgan fingerprint density at radius 2 is 1.84 bits per heavy atom. The van der Waals surface area contributed by atoms with Crippen LogP contribution in [0, 0.1) is 11.3 Å². The van der Waals surface area contributed by atoms with Gasteiger partial charge in [0.15, 0.2) is 0 Å². The first-order valence-electron chi connectivity index (χ1n) is 5.45. The maximum Gasteiger partial charge on any atom is 0.120 e. The summed E-state index contributed by atoms with van der Waals surface area (Å²) in [5, 5.41) is 13.4. The molecule has 6 heteroatoms. The molecule has 0 fully saturated rings. The molecule has 2 rings (SSSR count). The molecule has 1 aromatic carbocycles. The molecule has 0 bridgehead atoms. The molecule has 3 nitrogen and oxygen atoms in total. The van der Waals surface area contributed by atoms with E-state index in [4.69, 9.17) is 40.1 Å². The lowest BCUT2D eigenvalue weighted by molar-refractivity contribution is 0.902. The number of benzene rings is 1. The largest absolute Gasteiger partial charge is 0.380 e. The first-order valence-corrected chi connectivity index (χ1v) is 6.58. The van der Waals surface area contributed by atoms with Gasteiger partial charge < -0.3 is 9.88 Å². The van der Waals surface area contributed by atoms with Crippen molar-refractivity contribution in [3.05, 3.63) is 50.7 Å². The van der Waals surface area contributed by atoms with E-state index >= 15 is 0 Å². The number of nitrogens with one attached hydrogen (secondary N) is 1. The molecule has 0 aliphatic carbocycles. The first-order chi connectivity index (χ1) is 9.01. The summed E-state index contributed by atoms with van der Waals surface area (Å²) in [6, 6.07) is 7.21. The number of anilines is 1. The Hall–Kier alpha value is -1.34. The number of nitrogens with zero attached hydrogens (tertiary/aromatic N) is 2. The van der Waals surface area contributed by atoms with E-state index in [9.17, 15) is 0 Å². The first kappa shape index (κ1) is 14.1. The Morgan fingerprint density at radius 1 is 1.16 bits per heavy atom. The van der Waals surface area contributed by atoms with Gasteiger partial charge in [0.2, 0.25) is 0 Å². The summed E-state index contributed by atoms with van der Waals surface area (Å²) in [5.41, 5.74) is 2.30. The number of hydrogen-bond acceptors (Lipinski definition) is 2. The minimum atomic E-state index is 0.420. The molecular weight excluding hydrogens is 305 g/mol. The van der Waals surface area contributed by atoms with E-state index < -0.39 is 0 Å². The van der Waals surface area contributed by atoms with Crippen LogP contribution >= 0.6 is 34.8 Å². The van der Waals surface area contributed by atoms with E-state index in [1.807, 2.05) is 19.3 Å². The molecular formula is C13H10Cl3N3. The molecule has 0 spiro atoms. The van der Waals surface area contributed by atoms with Gasteiger partial charge >= 0.3 is 0 Å². The maximum absolute atomic E-state index is 8.88. The molecule has 0 saturated carbocycles. The molecule has 0 radical (unpaired) electrons. The lowest BCUT2D eigenvalue weighted by Crippen LogP contribution is -1.99. The zero-order valence-electron chi connectivity index (χ0n) is 10.0. The van der Waals surface area contributed by atoms with E-state index in [2.05, 4.69) is 11.4 Å². The lowest BCUT2D eigenvalue weighted by Gasteiger charge is -2.08. The SMILES string of the molecule is Cn1cc(CNc2cc(Cl)c(Cl)cc2Cl)cc1C#N. The highest BCUT2D eigenvalue weighted by Gasteiger charge is 2.07. The number of rotatable bonds is 3. The fraction of sp³-hybridized carbons (Fsp3) is 0.154. The van der Waals surface area contributed by atoms with Crippen molar-refractivity contribution < 1.29 is 0 Å². The third-order valence-corrected chi connectivity index (χ3v) is 3.70. The van der Waals surface area contributed by atoms with Crippen LogP contribution in [0.4, 0.5) is 5.69 Å². The van der Waals surface area contributed by atoms with E-state index in [0.717, 1.165) is 5.56 Å². The van der Waals surface area contributed by atoms with Crippen molar-refractivity contribution in [2.24, 2.45) is 7.05 Å². The second-order valence-electron chi connectivity index (χ2n) is 4.06. The van der Waals surface area contributed by atoms with E-state index in [1.165, 1.54) is 0 Å². The average molecular weight is 315 g/mol. The van der Waals surface area contributed by atoms with Crippen molar-refractivity contribution in [1.29, 1.82) is 5.26 Å². The van der Waals surface area contributed by atoms with Gasteiger partial charge in [0, 0.05) is 19.8 Å². The number of aromatic nitrogens is 1. The average Bonchev–Trinajstić information content (AvgIpc) is 2.73. The topological polar surface area (TPSA) is 40.8 Å². The van der Waals surface area contributed by atoms with Crippen molar-refractivity contribution in [2.45, 2.75) is 6.54 Å². The van der Waals surface area contributed by atoms with Gasteiger partial charge in [-0.3, -0.25) is 0 Å². The number of aryl methyl sites for hydroxylation is 1. The number of nitriles is 1. The summed E-state index contributed by atoms with van der Waals surface area (Å²) in [7, 11) is 1.83. The predicted molar refractivity (Wildman–Crippen MR) is 78.9 cm³/mol. The zero-order chi connectivity index (χ0) is 14.0. The Balaban J connectivity index is 2.14. The highest BCUT2D eigenvalue weighted by atomic mass is 35.5. The van der Waals surface area contributed by atoms with Gasteiger partial charge in [0.05, 0.1) is 20.8 Å². The summed E-state index contributed by atoms with van der Waals surface area (Å²) in [4.78, 5) is 0. The maximum atomic E-state index is 8.88. The van der Waals surface area contributed by atoms with Gasteiger partial charge in [0.25, 0.3) is 0 Å². The monoisotopic (exact) mass is 313 g/mol. The van der Waals surface area contributed by atoms with E-state index in [0.29, 0.717) is 33.0 Å². The van der Waals surface area contributed by atoms with Crippen LogP contribution in [0.15, 0.2) is 24.4 Å². The molecule has 1 aromatic heterocycles. The van der Waals surface area contributed by atoms with Crippen molar-refractivity contribution in [3.63, 3.8) is 0 Å². The zero-order valence-corrected chi connectivity index (χ0v) is 12.3. The normalized spacial score (nSPS) is 10.3. The second-order valence-corrected chi connectivity index (χ2v) is 5.28. The van der Waals surface area contributed by atoms with Gasteiger partial charge in [-0.25, -0.2) is 0 Å². The minimum absolute atomic E-state index is 0.420. The van der Waals surface area contributed by atoms with Gasteiger partial charge in [-0.2, -0.15) is 5.26 Å². The van der Waals surface area contributed by atoms with Gasteiger partial charge in [-0.1, -0.05) is 34.8 Å². The van der Waals surface area contributed by atoms with E-state index in [-0.39, 0.29) is 0 Å². The van der Waals surface area contributed by atoms with Gasteiger partial charge in [0.1, 0.15) is 11.8 Å². The molecule has 0 saturated heterocycles. The fourth-order valence-corrected chi connectivity index (χ4v) is 2.31. The Labute approximate surface area is 126 Å². The summed E-state index contributed by atoms with van der Waals surface area (Å²) in [6.45, 7) is 0.549. The molecule has 19 heavy (non-hydrogen) atoms. The fourth-order valence-electron chi connectivity index (χ4n) is 1.70. The van der Waals surface area contributed by atoms with Crippen LogP contribution in [-0.4, -0.2) is 4.57 Å². The van der Waals surface area contributed by atoms with Crippen LogP contribution in [0.1, 0.15) is 11.3 Å². The molecule has 98 valence electrons. The third kappa shape index (κ3) is 3.16. The Morgan fingerprint density at radius 3 is 2.47 bits per heavy atom. The van der Waals surface area contributed by atoms with Crippen molar-refractivity contribution >= 4 is 40.5 Å². The smallest absolute Gasteiger partial charge is 0.120 e. The molecule has 0 aliphatic heterocycles. The van der Waals surface area contributed by atoms with Crippen LogP contribution in [0.25, 0.3) is 0 Å². The molecule has 1 heterocycles. The predicted octanol–water partition coefficient (Wildman–Crippen LogP) is 4.47. The summed E-state index contributed by atoms with van der Waals surface area (Å²) >= 11 is 17.9. The highest BCUT2D eigenvalue weighted by molar-refractivity contribution is 6.44. The minimum Gasteiger partial charge on any atom is -0.380 e. The Bertz CT molecular complexity index is 656. The molecule has 1 N–H and O–H groups in total. The van der Waals surface area contributed by atoms with Gasteiger partial charge in [-0.15, -0.1) is 0 Å². The molecule has 0 amide bonds. The van der Waals surface area contributed by atoms with Crippen LogP contribution < -0.4 is 5.32 Å². The Kier molecular flexibility index (Phi) is 4.26. The standard InChI is InChI=1S/C13H10Cl3N3/c1-19-7-8(2-9(19)5-17)6-18-13-4-11(15)10(14)3-12(13)16/h2-4,7,18H,6H2,1H3. The molecule has 0 aliphatic rings. The van der Waals surface area contributed by atoms with Crippen molar-refractivity contribution in [1.82, 2.24) is 4.57 Å². The number of hydrogen-bond donors (Lipinski definition) is 1. The van der Waals surface area contributed by atoms with Crippen molar-refractivity contribution in [3.8, 4) is 6.07 Å². The quantitative estimate of drug-likeness (QED) is 0.849. The van der Waals surface area contributed by atoms with Crippen LogP contribution in [-0.2, 0) is 13.6 Å². The highest BCUT2D eigenvalue weighted by Crippen LogP contribution is 2.32. The molecule has 0 atom stereocenters. The van der Waals surface area contributed by atoms with E-state index in [1.54, 1.807) is 16.7 Å². The van der Waals surface area contributed by atoms with Crippen LogP contribution in [0.3, 0.4) is 0 Å². The summed E-state index contributed by atoms with van der Waals surface area (Å²) in [5.74, 6) is 0. The van der Waals surface area contributed by atoms with Crippen LogP contribution in [0.5, 0.6) is 0 Å². The summed E-state index contributed by atoms with van der Waals surface area (Å²) in [6.07, 6.45) is 1.89. The second kappa shape index (κ2) is 5.75. The van der Waals surface area contributed by atoms with Crippen LogP contribution in [0.2, 0.25) is 15.1 Å². The lowest BCUT2D eigenvalue weighted by atomic mass is 10.2. The molecule has 2 aromatic rings. The summed E-state index contributed by atoms with van der Waals surface area (Å²) < 4.78 is 1.77.